The Hall–Kier alpha value is -2.37. The molecule has 0 bridgehead atoms. The summed E-state index contributed by atoms with van der Waals surface area (Å²) in [6, 6.07) is 5.19. The molecule has 0 aliphatic heterocycles. The summed E-state index contributed by atoms with van der Waals surface area (Å²) in [5, 5.41) is 0. The van der Waals surface area contributed by atoms with E-state index in [2.05, 4.69) is 9.47 Å². The lowest BCUT2D eigenvalue weighted by Gasteiger charge is -2.13. The number of carbonyl (C=O) groups is 3. The van der Waals surface area contributed by atoms with Crippen LogP contribution in [0.2, 0.25) is 0 Å². The maximum Gasteiger partial charge on any atom is 0.312 e. The second-order valence-corrected chi connectivity index (χ2v) is 4.83. The molecule has 1 rings (SSSR count). The molecular weight excluding hydrogens is 288 g/mol. The zero-order chi connectivity index (χ0) is 16.7. The molecule has 0 saturated carbocycles. The van der Waals surface area contributed by atoms with Gasteiger partial charge in [-0.05, 0) is 23.6 Å². The third kappa shape index (κ3) is 4.87. The molecule has 6 heteroatoms. The summed E-state index contributed by atoms with van der Waals surface area (Å²) in [7, 11) is 3.92. The first-order valence-corrected chi connectivity index (χ1v) is 6.75. The van der Waals surface area contributed by atoms with Gasteiger partial charge in [-0.15, -0.1) is 0 Å². The lowest BCUT2D eigenvalue weighted by molar-refractivity contribution is -0.142. The van der Waals surface area contributed by atoms with Crippen molar-refractivity contribution >= 4 is 17.9 Å². The molecule has 0 amide bonds. The van der Waals surface area contributed by atoms with Crippen molar-refractivity contribution in [2.75, 3.05) is 21.3 Å². The largest absolute Gasteiger partial charge is 0.469 e. The Kier molecular flexibility index (Phi) is 6.56. The molecular formula is C16H20O6. The van der Waals surface area contributed by atoms with Crippen LogP contribution in [0.1, 0.15) is 29.5 Å². The van der Waals surface area contributed by atoms with Gasteiger partial charge in [-0.3, -0.25) is 14.4 Å². The molecule has 120 valence electrons. The maximum atomic E-state index is 11.7. The van der Waals surface area contributed by atoms with E-state index in [1.165, 1.54) is 21.3 Å². The van der Waals surface area contributed by atoms with Gasteiger partial charge in [0.25, 0.3) is 0 Å². The molecule has 0 aliphatic rings. The lowest BCUT2D eigenvalue weighted by atomic mass is 9.94. The van der Waals surface area contributed by atoms with E-state index in [1.807, 2.05) is 0 Å². The van der Waals surface area contributed by atoms with Gasteiger partial charge in [0.2, 0.25) is 0 Å². The minimum atomic E-state index is -0.501. The summed E-state index contributed by atoms with van der Waals surface area (Å²) in [5.74, 6) is -1.68. The van der Waals surface area contributed by atoms with Crippen molar-refractivity contribution in [3.8, 4) is 0 Å². The van der Waals surface area contributed by atoms with Gasteiger partial charge in [0.15, 0.2) is 0 Å². The van der Waals surface area contributed by atoms with Crippen molar-refractivity contribution in [3.63, 3.8) is 0 Å². The monoisotopic (exact) mass is 308 g/mol. The van der Waals surface area contributed by atoms with E-state index in [0.29, 0.717) is 16.7 Å². The molecule has 0 heterocycles. The second-order valence-electron chi connectivity index (χ2n) is 4.83. The zero-order valence-corrected chi connectivity index (χ0v) is 13.2. The fourth-order valence-corrected chi connectivity index (χ4v) is 2.04. The quantitative estimate of drug-likeness (QED) is 0.584. The third-order valence-electron chi connectivity index (χ3n) is 3.28. The molecule has 22 heavy (non-hydrogen) atoms. The average molecular weight is 308 g/mol. The Bertz CT molecular complexity index is 528. The van der Waals surface area contributed by atoms with Crippen LogP contribution in [0.25, 0.3) is 0 Å². The Morgan fingerprint density at radius 2 is 1.32 bits per heavy atom. The molecule has 0 aromatic heterocycles. The highest BCUT2D eigenvalue weighted by Gasteiger charge is 2.18. The normalized spacial score (nSPS) is 11.5. The van der Waals surface area contributed by atoms with Crippen molar-refractivity contribution in [1.82, 2.24) is 0 Å². The summed E-state index contributed by atoms with van der Waals surface area (Å²) >= 11 is 0. The zero-order valence-electron chi connectivity index (χ0n) is 13.2. The van der Waals surface area contributed by atoms with Crippen LogP contribution < -0.4 is 0 Å². The highest BCUT2D eigenvalue weighted by molar-refractivity contribution is 5.79. The summed E-state index contributed by atoms with van der Waals surface area (Å²) in [6.07, 6.45) is 0.124. The number of hydrogen-bond donors (Lipinski definition) is 0. The number of hydrogen-bond acceptors (Lipinski definition) is 6. The molecule has 1 atom stereocenters. The molecule has 0 aliphatic carbocycles. The van der Waals surface area contributed by atoms with Crippen LogP contribution in [-0.2, 0) is 41.4 Å². The third-order valence-corrected chi connectivity index (χ3v) is 3.28. The molecule has 1 unspecified atom stereocenters. The van der Waals surface area contributed by atoms with Gasteiger partial charge in [-0.1, -0.05) is 18.2 Å². The smallest absolute Gasteiger partial charge is 0.312 e. The van der Waals surface area contributed by atoms with Crippen LogP contribution in [0.3, 0.4) is 0 Å². The lowest BCUT2D eigenvalue weighted by Crippen LogP contribution is -2.13. The number of carbonyl (C=O) groups excluding carboxylic acids is 3. The van der Waals surface area contributed by atoms with Crippen LogP contribution in [0.4, 0.5) is 0 Å². The first kappa shape index (κ1) is 17.7. The molecule has 0 radical (unpaired) electrons. The second kappa shape index (κ2) is 8.17. The van der Waals surface area contributed by atoms with Crippen LogP contribution in [-0.4, -0.2) is 39.2 Å². The van der Waals surface area contributed by atoms with E-state index in [1.54, 1.807) is 25.1 Å². The van der Waals surface area contributed by atoms with E-state index in [4.69, 9.17) is 4.74 Å². The molecule has 1 aromatic carbocycles. The van der Waals surface area contributed by atoms with E-state index in [0.717, 1.165) is 0 Å². The standard InChI is InChI=1S/C16H20O6/c1-10(16(19)22-4)13-6-11(8-14(17)20-2)5-12(7-13)9-15(18)21-3/h5-7,10H,8-9H2,1-4H3. The van der Waals surface area contributed by atoms with Crippen LogP contribution in [0.5, 0.6) is 0 Å². The first-order valence-electron chi connectivity index (χ1n) is 6.75. The van der Waals surface area contributed by atoms with Crippen molar-refractivity contribution in [2.24, 2.45) is 0 Å². The predicted octanol–water partition coefficient (Wildman–Crippen LogP) is 1.39. The highest BCUT2D eigenvalue weighted by Crippen LogP contribution is 2.21. The Morgan fingerprint density at radius 3 is 1.68 bits per heavy atom. The maximum absolute atomic E-state index is 11.7. The average Bonchev–Trinajstić information content (AvgIpc) is 2.52. The molecule has 0 fully saturated rings. The van der Waals surface area contributed by atoms with E-state index in [9.17, 15) is 14.4 Å². The van der Waals surface area contributed by atoms with Crippen molar-refractivity contribution in [1.29, 1.82) is 0 Å². The molecule has 6 nitrogen and oxygen atoms in total. The Labute approximate surface area is 129 Å². The summed E-state index contributed by atoms with van der Waals surface area (Å²) < 4.78 is 14.0. The van der Waals surface area contributed by atoms with Crippen molar-refractivity contribution in [2.45, 2.75) is 25.7 Å². The number of benzene rings is 1. The van der Waals surface area contributed by atoms with Crippen molar-refractivity contribution < 1.29 is 28.6 Å². The first-order chi connectivity index (χ1) is 10.4. The van der Waals surface area contributed by atoms with Crippen LogP contribution in [0, 0.1) is 0 Å². The van der Waals surface area contributed by atoms with Gasteiger partial charge in [-0.25, -0.2) is 0 Å². The van der Waals surface area contributed by atoms with E-state index >= 15 is 0 Å². The number of rotatable bonds is 6. The highest BCUT2D eigenvalue weighted by atomic mass is 16.5. The van der Waals surface area contributed by atoms with Crippen molar-refractivity contribution in [3.05, 3.63) is 34.9 Å². The van der Waals surface area contributed by atoms with E-state index < -0.39 is 17.9 Å². The summed E-state index contributed by atoms with van der Waals surface area (Å²) in [6.45, 7) is 1.70. The minimum absolute atomic E-state index is 0.0619. The van der Waals surface area contributed by atoms with Gasteiger partial charge in [0, 0.05) is 0 Å². The number of esters is 3. The minimum Gasteiger partial charge on any atom is -0.469 e. The molecule has 0 N–H and O–H groups in total. The summed E-state index contributed by atoms with van der Waals surface area (Å²) in [5.41, 5.74) is 2.00. The SMILES string of the molecule is COC(=O)Cc1cc(CC(=O)OC)cc(C(C)C(=O)OC)c1. The van der Waals surface area contributed by atoms with Gasteiger partial charge >= 0.3 is 17.9 Å². The number of methoxy groups -OCH3 is 3. The van der Waals surface area contributed by atoms with Gasteiger partial charge in [-0.2, -0.15) is 0 Å². The topological polar surface area (TPSA) is 78.9 Å². The molecule has 0 spiro atoms. The molecule has 1 aromatic rings. The molecule has 0 saturated heterocycles. The number of ether oxygens (including phenoxy) is 3. The Balaban J connectivity index is 3.16. The van der Waals surface area contributed by atoms with E-state index in [-0.39, 0.29) is 18.8 Å². The predicted molar refractivity (Wildman–Crippen MR) is 78.3 cm³/mol. The van der Waals surface area contributed by atoms with Crippen LogP contribution in [0.15, 0.2) is 18.2 Å². The summed E-state index contributed by atoms with van der Waals surface area (Å²) in [4.78, 5) is 34.6. The fourth-order valence-electron chi connectivity index (χ4n) is 2.04. The van der Waals surface area contributed by atoms with Gasteiger partial charge in [0.1, 0.15) is 0 Å². The fraction of sp³-hybridized carbons (Fsp3) is 0.438. The van der Waals surface area contributed by atoms with Gasteiger partial charge < -0.3 is 14.2 Å². The Morgan fingerprint density at radius 1 is 0.864 bits per heavy atom. The van der Waals surface area contributed by atoms with Gasteiger partial charge in [0.05, 0.1) is 40.1 Å². The van der Waals surface area contributed by atoms with Crippen LogP contribution >= 0.6 is 0 Å².